The van der Waals surface area contributed by atoms with Crippen LogP contribution in [0.15, 0.2) is 50.3 Å². The van der Waals surface area contributed by atoms with E-state index in [2.05, 4.69) is 15.3 Å². The summed E-state index contributed by atoms with van der Waals surface area (Å²) in [5.41, 5.74) is -0.378. The number of thiophene rings is 1. The van der Waals surface area contributed by atoms with Crippen molar-refractivity contribution in [2.24, 2.45) is 14.1 Å². The fourth-order valence-electron chi connectivity index (χ4n) is 3.15. The molecule has 0 atom stereocenters. The predicted octanol–water partition coefficient (Wildman–Crippen LogP) is 3.15. The Morgan fingerprint density at radius 2 is 2.00 bits per heavy atom. The Morgan fingerprint density at radius 3 is 2.70 bits per heavy atom. The van der Waals surface area contributed by atoms with E-state index in [-0.39, 0.29) is 22.7 Å². The number of methoxy groups -OCH3 is 1. The number of halogens is 1. The average molecular weight is 504 g/mol. The molecule has 0 aliphatic rings. The first-order valence-electron chi connectivity index (χ1n) is 9.58. The van der Waals surface area contributed by atoms with Crippen LogP contribution in [0.3, 0.4) is 0 Å². The van der Waals surface area contributed by atoms with E-state index in [4.69, 9.17) is 16.3 Å². The highest BCUT2D eigenvalue weighted by molar-refractivity contribution is 8.00. The van der Waals surface area contributed by atoms with Gasteiger partial charge in [0.1, 0.15) is 16.2 Å². The van der Waals surface area contributed by atoms with Gasteiger partial charge in [0.05, 0.1) is 23.4 Å². The molecule has 3 aromatic heterocycles. The molecule has 0 spiro atoms. The molecule has 0 unspecified atom stereocenters. The summed E-state index contributed by atoms with van der Waals surface area (Å²) in [6.07, 6.45) is 0. The maximum absolute atomic E-state index is 12.9. The van der Waals surface area contributed by atoms with Crippen molar-refractivity contribution >= 4 is 57.3 Å². The summed E-state index contributed by atoms with van der Waals surface area (Å²) < 4.78 is 7.56. The lowest BCUT2D eigenvalue weighted by atomic mass is 10.3. The van der Waals surface area contributed by atoms with Crippen LogP contribution in [-0.4, -0.2) is 37.9 Å². The number of carbonyl (C=O) groups is 1. The highest BCUT2D eigenvalue weighted by atomic mass is 35.5. The maximum Gasteiger partial charge on any atom is 0.332 e. The van der Waals surface area contributed by atoms with E-state index in [1.165, 1.54) is 30.1 Å². The molecule has 0 radical (unpaired) electrons. The van der Waals surface area contributed by atoms with Crippen molar-refractivity contribution in [2.75, 3.05) is 18.2 Å². The number of aromatic nitrogens is 4. The molecule has 9 nitrogen and oxygen atoms in total. The molecule has 4 aromatic rings. The Kier molecular flexibility index (Phi) is 6.54. The monoisotopic (exact) mass is 503 g/mol. The number of thioether (sulfide) groups is 1. The minimum Gasteiger partial charge on any atom is -0.495 e. The molecule has 0 fully saturated rings. The van der Waals surface area contributed by atoms with Gasteiger partial charge in [-0.2, -0.15) is 0 Å². The van der Waals surface area contributed by atoms with Gasteiger partial charge in [-0.25, -0.2) is 14.8 Å². The van der Waals surface area contributed by atoms with Gasteiger partial charge in [0.15, 0.2) is 11.5 Å². The number of hydrogen-bond donors (Lipinski definition) is 1. The summed E-state index contributed by atoms with van der Waals surface area (Å²) in [5.74, 6) is 0.457. The molecule has 170 valence electrons. The summed E-state index contributed by atoms with van der Waals surface area (Å²) in [5, 5.41) is 5.58. The van der Waals surface area contributed by atoms with Gasteiger partial charge in [0.25, 0.3) is 5.56 Å². The Bertz CT molecular complexity index is 1480. The topological polar surface area (TPSA) is 108 Å². The second-order valence-electron chi connectivity index (χ2n) is 6.92. The standard InChI is InChI=1S/C21H18ClN5O4S2/c1-26-18-16(20(29)27(2)21(26)30)19(25-17(24-18)14-5-4-8-32-14)33-10-15(28)23-12-9-11(22)6-7-13(12)31-3/h4-9H,10H2,1-3H3,(H,23,28). The van der Waals surface area contributed by atoms with Crippen molar-refractivity contribution < 1.29 is 9.53 Å². The molecule has 33 heavy (non-hydrogen) atoms. The predicted molar refractivity (Wildman–Crippen MR) is 131 cm³/mol. The van der Waals surface area contributed by atoms with Crippen molar-refractivity contribution in [3.05, 3.63) is 61.6 Å². The van der Waals surface area contributed by atoms with Crippen molar-refractivity contribution in [3.8, 4) is 16.5 Å². The number of amides is 1. The fourth-order valence-corrected chi connectivity index (χ4v) is 4.79. The zero-order valence-electron chi connectivity index (χ0n) is 17.8. The fraction of sp³-hybridized carbons (Fsp3) is 0.190. The van der Waals surface area contributed by atoms with Gasteiger partial charge in [-0.3, -0.25) is 18.7 Å². The van der Waals surface area contributed by atoms with Crippen LogP contribution in [0, 0.1) is 0 Å². The summed E-state index contributed by atoms with van der Waals surface area (Å²) in [7, 11) is 4.43. The number of rotatable bonds is 6. The van der Waals surface area contributed by atoms with E-state index >= 15 is 0 Å². The second kappa shape index (κ2) is 9.38. The van der Waals surface area contributed by atoms with E-state index in [1.54, 1.807) is 25.2 Å². The van der Waals surface area contributed by atoms with Crippen molar-refractivity contribution in [2.45, 2.75) is 5.03 Å². The molecule has 0 bridgehead atoms. The second-order valence-corrected chi connectivity index (χ2v) is 9.26. The van der Waals surface area contributed by atoms with Gasteiger partial charge in [0, 0.05) is 19.1 Å². The molecule has 12 heteroatoms. The van der Waals surface area contributed by atoms with Gasteiger partial charge in [-0.15, -0.1) is 11.3 Å². The largest absolute Gasteiger partial charge is 0.495 e. The molecule has 1 aromatic carbocycles. The van der Waals surface area contributed by atoms with Crippen LogP contribution in [-0.2, 0) is 18.9 Å². The third kappa shape index (κ3) is 4.52. The van der Waals surface area contributed by atoms with Crippen molar-refractivity contribution in [3.63, 3.8) is 0 Å². The zero-order chi connectivity index (χ0) is 23.7. The number of aryl methyl sites for hydroxylation is 1. The number of nitrogens with zero attached hydrogens (tertiary/aromatic N) is 4. The molecule has 4 rings (SSSR count). The first-order valence-corrected chi connectivity index (χ1v) is 11.8. The Morgan fingerprint density at radius 1 is 1.21 bits per heavy atom. The SMILES string of the molecule is COc1ccc(Cl)cc1NC(=O)CSc1nc(-c2cccs2)nc2c1c(=O)n(C)c(=O)n2C. The van der Waals surface area contributed by atoms with E-state index in [9.17, 15) is 14.4 Å². The van der Waals surface area contributed by atoms with Gasteiger partial charge < -0.3 is 10.1 Å². The number of hydrogen-bond acceptors (Lipinski definition) is 8. The molecule has 0 aliphatic heterocycles. The van der Waals surface area contributed by atoms with Gasteiger partial charge in [0.2, 0.25) is 5.91 Å². The average Bonchev–Trinajstić information content (AvgIpc) is 3.34. The van der Waals surface area contributed by atoms with Gasteiger partial charge in [-0.1, -0.05) is 29.4 Å². The Hall–Kier alpha value is -3.15. The lowest BCUT2D eigenvalue weighted by Gasteiger charge is -2.12. The molecular formula is C21H18ClN5O4S2. The van der Waals surface area contributed by atoms with Gasteiger partial charge in [-0.05, 0) is 29.6 Å². The van der Waals surface area contributed by atoms with Crippen LogP contribution in [0.25, 0.3) is 21.7 Å². The normalized spacial score (nSPS) is 11.0. The molecule has 1 N–H and O–H groups in total. The smallest absolute Gasteiger partial charge is 0.332 e. The van der Waals surface area contributed by atoms with Crippen molar-refractivity contribution in [1.29, 1.82) is 0 Å². The van der Waals surface area contributed by atoms with Crippen molar-refractivity contribution in [1.82, 2.24) is 19.1 Å². The van der Waals surface area contributed by atoms with Crippen LogP contribution in [0.2, 0.25) is 5.02 Å². The summed E-state index contributed by atoms with van der Waals surface area (Å²) in [6.45, 7) is 0. The maximum atomic E-state index is 12.9. The Labute approximate surface area is 201 Å². The number of anilines is 1. The number of ether oxygens (including phenoxy) is 1. The summed E-state index contributed by atoms with van der Waals surface area (Å²) >= 11 is 8.54. The minimum atomic E-state index is -0.523. The van der Waals surface area contributed by atoms with Crippen LogP contribution in [0.4, 0.5) is 5.69 Å². The molecule has 0 aliphatic carbocycles. The van der Waals surface area contributed by atoms with E-state index in [0.29, 0.717) is 27.3 Å². The number of nitrogens with one attached hydrogen (secondary N) is 1. The highest BCUT2D eigenvalue weighted by Crippen LogP contribution is 2.30. The quantitative estimate of drug-likeness (QED) is 0.318. The minimum absolute atomic E-state index is 0.0440. The van der Waals surface area contributed by atoms with Crippen LogP contribution < -0.4 is 21.3 Å². The molecule has 1 amide bonds. The van der Waals surface area contributed by atoms with Gasteiger partial charge >= 0.3 is 5.69 Å². The third-order valence-electron chi connectivity index (χ3n) is 4.78. The summed E-state index contributed by atoms with van der Waals surface area (Å²) in [4.78, 5) is 47.8. The first kappa shape index (κ1) is 23.0. The highest BCUT2D eigenvalue weighted by Gasteiger charge is 2.19. The summed E-state index contributed by atoms with van der Waals surface area (Å²) in [6, 6.07) is 8.60. The van der Waals surface area contributed by atoms with Crippen LogP contribution in [0.5, 0.6) is 5.75 Å². The third-order valence-corrected chi connectivity index (χ3v) is 6.86. The number of carbonyl (C=O) groups excluding carboxylic acids is 1. The number of fused-ring (bicyclic) bond motifs is 1. The molecule has 0 saturated heterocycles. The molecule has 3 heterocycles. The van der Waals surface area contributed by atoms with E-state index in [0.717, 1.165) is 21.2 Å². The lowest BCUT2D eigenvalue weighted by Crippen LogP contribution is -2.37. The lowest BCUT2D eigenvalue weighted by molar-refractivity contribution is -0.113. The van der Waals surface area contributed by atoms with Crippen LogP contribution >= 0.6 is 34.7 Å². The molecular weight excluding hydrogens is 486 g/mol. The Balaban J connectivity index is 1.72. The molecule has 0 saturated carbocycles. The number of benzene rings is 1. The van der Waals surface area contributed by atoms with E-state index in [1.807, 2.05) is 17.5 Å². The van der Waals surface area contributed by atoms with E-state index < -0.39 is 11.2 Å². The van der Waals surface area contributed by atoms with Crippen LogP contribution in [0.1, 0.15) is 0 Å². The zero-order valence-corrected chi connectivity index (χ0v) is 20.2. The first-order chi connectivity index (χ1) is 15.8.